The van der Waals surface area contributed by atoms with Crippen LogP contribution in [0.5, 0.6) is 23.0 Å². The van der Waals surface area contributed by atoms with Gasteiger partial charge in [0.25, 0.3) is 11.8 Å². The second kappa shape index (κ2) is 9.98. The van der Waals surface area contributed by atoms with Crippen LogP contribution in [0.15, 0.2) is 36.4 Å². The number of amides is 2. The Morgan fingerprint density at radius 3 is 1.97 bits per heavy atom. The lowest BCUT2D eigenvalue weighted by molar-refractivity contribution is -0.123. The van der Waals surface area contributed by atoms with Crippen molar-refractivity contribution in [1.82, 2.24) is 5.32 Å². The van der Waals surface area contributed by atoms with Gasteiger partial charge in [0.05, 0.1) is 34.0 Å². The van der Waals surface area contributed by atoms with E-state index in [0.29, 0.717) is 11.5 Å². The zero-order valence-electron chi connectivity index (χ0n) is 16.4. The van der Waals surface area contributed by atoms with Crippen molar-refractivity contribution in [2.45, 2.75) is 0 Å². The third-order valence-corrected chi connectivity index (χ3v) is 3.86. The Labute approximate surface area is 167 Å². The Kier molecular flexibility index (Phi) is 7.41. The zero-order chi connectivity index (χ0) is 21.4. The molecule has 0 aliphatic carbocycles. The van der Waals surface area contributed by atoms with Crippen LogP contribution in [0.3, 0.4) is 0 Å². The molecule has 0 unspecified atom stereocenters. The van der Waals surface area contributed by atoms with Gasteiger partial charge in [-0.15, -0.1) is 0 Å². The Morgan fingerprint density at radius 2 is 1.34 bits per heavy atom. The lowest BCUT2D eigenvalue weighted by Crippen LogP contribution is -2.34. The van der Waals surface area contributed by atoms with E-state index in [4.69, 9.17) is 23.7 Å². The van der Waals surface area contributed by atoms with Gasteiger partial charge in [0, 0.05) is 12.1 Å². The van der Waals surface area contributed by atoms with E-state index < -0.39 is 24.4 Å². The highest BCUT2D eigenvalue weighted by Gasteiger charge is 2.21. The number of methoxy groups -OCH3 is 4. The molecule has 0 heterocycles. The van der Waals surface area contributed by atoms with E-state index in [-0.39, 0.29) is 22.6 Å². The second-order valence-corrected chi connectivity index (χ2v) is 5.56. The topological polar surface area (TPSA) is 109 Å². The quantitative estimate of drug-likeness (QED) is 0.665. The van der Waals surface area contributed by atoms with Crippen LogP contribution < -0.4 is 24.3 Å². The van der Waals surface area contributed by atoms with Crippen molar-refractivity contribution >= 4 is 17.8 Å². The molecule has 0 spiro atoms. The van der Waals surface area contributed by atoms with E-state index in [9.17, 15) is 14.4 Å². The molecule has 1 N–H and O–H groups in total. The van der Waals surface area contributed by atoms with E-state index in [1.165, 1.54) is 46.6 Å². The SMILES string of the molecule is COc1cc(OC)c(C(=O)OCC(=O)NC(=O)c2ccccc2OC)cc1OC. The molecule has 0 atom stereocenters. The summed E-state index contributed by atoms with van der Waals surface area (Å²) >= 11 is 0. The molecule has 0 saturated heterocycles. The number of ether oxygens (including phenoxy) is 5. The van der Waals surface area contributed by atoms with Crippen molar-refractivity contribution in [3.63, 3.8) is 0 Å². The van der Waals surface area contributed by atoms with Gasteiger partial charge in [-0.3, -0.25) is 14.9 Å². The summed E-state index contributed by atoms with van der Waals surface area (Å²) < 4.78 is 25.5. The predicted octanol–water partition coefficient (Wildman–Crippen LogP) is 1.83. The van der Waals surface area contributed by atoms with Crippen LogP contribution in [-0.4, -0.2) is 52.8 Å². The smallest absolute Gasteiger partial charge is 0.342 e. The first-order valence-corrected chi connectivity index (χ1v) is 8.39. The number of benzene rings is 2. The Balaban J connectivity index is 2.05. The van der Waals surface area contributed by atoms with Crippen LogP contribution in [-0.2, 0) is 9.53 Å². The summed E-state index contributed by atoms with van der Waals surface area (Å²) in [6, 6.07) is 9.24. The van der Waals surface area contributed by atoms with Crippen LogP contribution in [0, 0.1) is 0 Å². The molecule has 0 fully saturated rings. The third kappa shape index (κ3) is 5.16. The molecule has 154 valence electrons. The van der Waals surface area contributed by atoms with Gasteiger partial charge in [-0.25, -0.2) is 4.79 Å². The maximum Gasteiger partial charge on any atom is 0.342 e. The fourth-order valence-electron chi connectivity index (χ4n) is 2.46. The van der Waals surface area contributed by atoms with Crippen molar-refractivity contribution in [1.29, 1.82) is 0 Å². The largest absolute Gasteiger partial charge is 0.496 e. The number of hydrogen-bond donors (Lipinski definition) is 1. The minimum atomic E-state index is -0.831. The molecule has 0 aliphatic rings. The molecule has 2 rings (SSSR count). The summed E-state index contributed by atoms with van der Waals surface area (Å²) in [6.45, 7) is -0.669. The van der Waals surface area contributed by atoms with Crippen molar-refractivity contribution in [2.75, 3.05) is 35.0 Å². The lowest BCUT2D eigenvalue weighted by atomic mass is 10.1. The summed E-state index contributed by atoms with van der Waals surface area (Å²) in [7, 11) is 5.64. The second-order valence-electron chi connectivity index (χ2n) is 5.56. The fraction of sp³-hybridized carbons (Fsp3) is 0.250. The number of para-hydroxylation sites is 1. The molecule has 0 aliphatic heterocycles. The molecule has 29 heavy (non-hydrogen) atoms. The normalized spacial score (nSPS) is 9.93. The molecular formula is C20H21NO8. The predicted molar refractivity (Wildman–Crippen MR) is 102 cm³/mol. The average molecular weight is 403 g/mol. The third-order valence-electron chi connectivity index (χ3n) is 3.86. The maximum atomic E-state index is 12.4. The van der Waals surface area contributed by atoms with E-state index in [2.05, 4.69) is 5.32 Å². The van der Waals surface area contributed by atoms with Gasteiger partial charge in [0.2, 0.25) is 0 Å². The first-order chi connectivity index (χ1) is 13.9. The number of carbonyl (C=O) groups is 3. The molecule has 2 aromatic carbocycles. The van der Waals surface area contributed by atoms with E-state index in [1.807, 2.05) is 0 Å². The summed E-state index contributed by atoms with van der Waals surface area (Å²) in [6.07, 6.45) is 0. The standard InChI is InChI=1S/C20H21NO8/c1-25-14-8-6-5-7-12(14)19(23)21-18(22)11-29-20(24)13-9-16(27-3)17(28-4)10-15(13)26-2/h5-10H,11H2,1-4H3,(H,21,22,23). The van der Waals surface area contributed by atoms with Gasteiger partial charge in [0.1, 0.15) is 17.1 Å². The zero-order valence-corrected chi connectivity index (χ0v) is 16.4. The molecule has 9 nitrogen and oxygen atoms in total. The highest BCUT2D eigenvalue weighted by atomic mass is 16.5. The minimum Gasteiger partial charge on any atom is -0.496 e. The number of esters is 1. The maximum absolute atomic E-state index is 12.4. The van der Waals surface area contributed by atoms with Gasteiger partial charge in [0.15, 0.2) is 18.1 Å². The molecule has 9 heteroatoms. The molecule has 2 aromatic rings. The molecule has 2 amide bonds. The van der Waals surface area contributed by atoms with Crippen LogP contribution in [0.2, 0.25) is 0 Å². The van der Waals surface area contributed by atoms with Gasteiger partial charge in [-0.2, -0.15) is 0 Å². The summed E-state index contributed by atoms with van der Waals surface area (Å²) in [5, 5.41) is 2.14. The number of rotatable bonds is 8. The van der Waals surface area contributed by atoms with E-state index in [1.54, 1.807) is 18.2 Å². The van der Waals surface area contributed by atoms with Crippen molar-refractivity contribution in [3.05, 3.63) is 47.5 Å². The summed E-state index contributed by atoms with van der Waals surface area (Å²) in [4.78, 5) is 36.6. The minimum absolute atomic E-state index is 0.0361. The van der Waals surface area contributed by atoms with Gasteiger partial charge < -0.3 is 23.7 Å². The van der Waals surface area contributed by atoms with Gasteiger partial charge in [-0.05, 0) is 12.1 Å². The summed E-state index contributed by atoms with van der Waals surface area (Å²) in [5.41, 5.74) is 0.213. The van der Waals surface area contributed by atoms with Crippen molar-refractivity contribution in [2.24, 2.45) is 0 Å². The van der Waals surface area contributed by atoms with E-state index >= 15 is 0 Å². The van der Waals surface area contributed by atoms with Crippen LogP contribution in [0.1, 0.15) is 20.7 Å². The first-order valence-electron chi connectivity index (χ1n) is 8.39. The van der Waals surface area contributed by atoms with Crippen LogP contribution in [0.4, 0.5) is 0 Å². The molecule has 0 bridgehead atoms. The first kappa shape index (κ1) is 21.5. The lowest BCUT2D eigenvalue weighted by Gasteiger charge is -2.13. The average Bonchev–Trinajstić information content (AvgIpc) is 2.76. The summed E-state index contributed by atoms with van der Waals surface area (Å²) in [5.74, 6) is -1.16. The Bertz CT molecular complexity index is 909. The number of hydrogen-bond acceptors (Lipinski definition) is 8. The highest BCUT2D eigenvalue weighted by Crippen LogP contribution is 2.34. The molecule has 0 radical (unpaired) electrons. The van der Waals surface area contributed by atoms with Gasteiger partial charge in [-0.1, -0.05) is 12.1 Å². The highest BCUT2D eigenvalue weighted by molar-refractivity contribution is 6.07. The van der Waals surface area contributed by atoms with Crippen LogP contribution >= 0.6 is 0 Å². The van der Waals surface area contributed by atoms with Crippen LogP contribution in [0.25, 0.3) is 0 Å². The molecule has 0 aromatic heterocycles. The number of imide groups is 1. The number of carbonyl (C=O) groups excluding carboxylic acids is 3. The Morgan fingerprint density at radius 1 is 0.759 bits per heavy atom. The van der Waals surface area contributed by atoms with Crippen molar-refractivity contribution < 1.29 is 38.1 Å². The van der Waals surface area contributed by atoms with E-state index in [0.717, 1.165) is 0 Å². The van der Waals surface area contributed by atoms with Gasteiger partial charge >= 0.3 is 5.97 Å². The molecular weight excluding hydrogens is 382 g/mol. The number of nitrogens with one attached hydrogen (secondary N) is 1. The monoisotopic (exact) mass is 403 g/mol. The molecule has 0 saturated carbocycles. The van der Waals surface area contributed by atoms with Crippen molar-refractivity contribution in [3.8, 4) is 23.0 Å². The fourth-order valence-corrected chi connectivity index (χ4v) is 2.46. The Hall–Kier alpha value is -3.75.